The summed E-state index contributed by atoms with van der Waals surface area (Å²) in [7, 11) is 5.50. The molecule has 34 heavy (non-hydrogen) atoms. The largest absolute Gasteiger partial charge is 0.497 e. The van der Waals surface area contributed by atoms with Crippen LogP contribution in [0.1, 0.15) is 42.0 Å². The molecule has 0 bridgehead atoms. The summed E-state index contributed by atoms with van der Waals surface area (Å²) in [5, 5.41) is 13.6. The number of carbonyl (C=O) groups is 2. The van der Waals surface area contributed by atoms with Gasteiger partial charge in [-0.15, -0.1) is 0 Å². The number of fused-ring (bicyclic) bond motifs is 1. The fourth-order valence-corrected chi connectivity index (χ4v) is 5.24. The van der Waals surface area contributed by atoms with Gasteiger partial charge in [-0.05, 0) is 35.7 Å². The molecule has 2 heterocycles. The quantitative estimate of drug-likeness (QED) is 0.584. The van der Waals surface area contributed by atoms with Crippen LogP contribution >= 0.6 is 0 Å². The first-order valence-electron chi connectivity index (χ1n) is 11.8. The smallest absolute Gasteiger partial charge is 0.309 e. The first kappa shape index (κ1) is 24.0. The molecule has 1 unspecified atom stereocenters. The highest BCUT2D eigenvalue weighted by molar-refractivity contribution is 5.84. The number of benzene rings is 2. The van der Waals surface area contributed by atoms with Crippen LogP contribution in [-0.2, 0) is 9.59 Å². The van der Waals surface area contributed by atoms with E-state index >= 15 is 0 Å². The summed E-state index contributed by atoms with van der Waals surface area (Å²) in [6.07, 6.45) is 5.03. The Hall–Kier alpha value is -3.16. The number of ether oxygens (including phenoxy) is 1. The van der Waals surface area contributed by atoms with Gasteiger partial charge in [0.05, 0.1) is 20.1 Å². The van der Waals surface area contributed by atoms with E-state index in [1.807, 2.05) is 56.7 Å². The Labute approximate surface area is 201 Å². The fourth-order valence-electron chi connectivity index (χ4n) is 5.24. The molecular weight excluding hydrogens is 430 g/mol. The van der Waals surface area contributed by atoms with Crippen LogP contribution in [0.3, 0.4) is 0 Å². The predicted molar refractivity (Wildman–Crippen MR) is 134 cm³/mol. The number of carboxylic acid groups (broad SMARTS) is 1. The summed E-state index contributed by atoms with van der Waals surface area (Å²) >= 11 is 0. The molecule has 2 N–H and O–H groups in total. The number of amides is 1. The highest BCUT2D eigenvalue weighted by Gasteiger charge is 2.43. The number of quaternary nitrogens is 1. The van der Waals surface area contributed by atoms with Gasteiger partial charge in [-0.2, -0.15) is 0 Å². The van der Waals surface area contributed by atoms with E-state index in [1.165, 1.54) is 0 Å². The number of likely N-dealkylation sites (N-methyl/N-ethyl adjacent to an activating group) is 2. The third-order valence-electron chi connectivity index (χ3n) is 7.17. The fraction of sp³-hybridized carbons (Fsp3) is 0.407. The van der Waals surface area contributed by atoms with Crippen LogP contribution in [0.15, 0.2) is 48.7 Å². The molecule has 0 aliphatic carbocycles. The van der Waals surface area contributed by atoms with Crippen molar-refractivity contribution in [2.24, 2.45) is 5.92 Å². The number of aliphatic carboxylic acids is 1. The summed E-state index contributed by atoms with van der Waals surface area (Å²) < 4.78 is 5.66. The number of nitrogens with one attached hydrogen (secondary N) is 1. The molecule has 4 rings (SSSR count). The Morgan fingerprint density at radius 3 is 2.53 bits per heavy atom. The van der Waals surface area contributed by atoms with E-state index in [-0.39, 0.29) is 17.9 Å². The van der Waals surface area contributed by atoms with Gasteiger partial charge in [-0.1, -0.05) is 25.1 Å². The third-order valence-corrected chi connectivity index (χ3v) is 7.17. The van der Waals surface area contributed by atoms with Crippen molar-refractivity contribution >= 4 is 23.6 Å². The minimum Gasteiger partial charge on any atom is -0.497 e. The van der Waals surface area contributed by atoms with Crippen molar-refractivity contribution in [2.45, 2.75) is 25.3 Å². The number of hydrogen-bond acceptors (Lipinski definition) is 4. The van der Waals surface area contributed by atoms with Gasteiger partial charge < -0.3 is 20.1 Å². The van der Waals surface area contributed by atoms with Crippen LogP contribution in [-0.4, -0.2) is 62.7 Å². The lowest BCUT2D eigenvalue weighted by atomic mass is 9.82. The molecule has 0 aromatic heterocycles. The Kier molecular flexibility index (Phi) is 6.77. The van der Waals surface area contributed by atoms with Crippen molar-refractivity contribution in [3.05, 3.63) is 65.4 Å². The van der Waals surface area contributed by atoms with E-state index in [0.717, 1.165) is 41.1 Å². The van der Waals surface area contributed by atoms with Gasteiger partial charge in [0.1, 0.15) is 17.6 Å². The maximum Gasteiger partial charge on any atom is 0.309 e. The lowest BCUT2D eigenvalue weighted by molar-refractivity contribution is -0.142. The number of carbonyl (C=O) groups excluding carboxylic acids is 1. The van der Waals surface area contributed by atoms with E-state index in [9.17, 15) is 14.7 Å². The second-order valence-electron chi connectivity index (χ2n) is 9.50. The normalized spacial score (nSPS) is 25.2. The number of nitrogens with zero attached hydrogens (tertiary/aromatic N) is 2. The molecule has 1 saturated heterocycles. The van der Waals surface area contributed by atoms with Crippen molar-refractivity contribution < 1.29 is 19.4 Å². The van der Waals surface area contributed by atoms with Crippen molar-refractivity contribution in [1.29, 1.82) is 0 Å². The molecule has 0 saturated carbocycles. The van der Waals surface area contributed by atoms with Crippen LogP contribution in [0, 0.1) is 5.92 Å². The Morgan fingerprint density at radius 1 is 1.18 bits per heavy atom. The average Bonchev–Trinajstić information content (AvgIpc) is 3.41. The van der Waals surface area contributed by atoms with Crippen molar-refractivity contribution in [1.82, 2.24) is 14.7 Å². The van der Waals surface area contributed by atoms with Crippen LogP contribution in [0.2, 0.25) is 0 Å². The SMILES string of the molecule is CCCN(C)C(=O)C[N+]1(C)C=Cc2cc([C@H]3CN[C@H](c4ccc(OC)cc4)[C@H]3C(=O)O)ccc21. The van der Waals surface area contributed by atoms with E-state index in [4.69, 9.17) is 4.74 Å². The molecule has 2 aliphatic heterocycles. The van der Waals surface area contributed by atoms with Crippen molar-refractivity contribution in [3.8, 4) is 5.75 Å². The van der Waals surface area contributed by atoms with Crippen LogP contribution < -0.4 is 14.5 Å². The topological polar surface area (TPSA) is 78.9 Å². The molecule has 1 amide bonds. The van der Waals surface area contributed by atoms with Gasteiger partial charge >= 0.3 is 5.97 Å². The van der Waals surface area contributed by atoms with Crippen molar-refractivity contribution in [2.75, 3.05) is 40.8 Å². The predicted octanol–water partition coefficient (Wildman–Crippen LogP) is 3.61. The van der Waals surface area contributed by atoms with Crippen LogP contribution in [0.5, 0.6) is 5.75 Å². The highest BCUT2D eigenvalue weighted by atomic mass is 16.5. The van der Waals surface area contributed by atoms with Crippen LogP contribution in [0.25, 0.3) is 6.08 Å². The minimum atomic E-state index is -0.808. The first-order chi connectivity index (χ1) is 16.3. The molecule has 2 aromatic carbocycles. The molecule has 7 heteroatoms. The average molecular weight is 465 g/mol. The third kappa shape index (κ3) is 4.45. The molecule has 2 aromatic rings. The maximum atomic E-state index is 12.7. The monoisotopic (exact) mass is 464 g/mol. The second kappa shape index (κ2) is 9.60. The summed E-state index contributed by atoms with van der Waals surface area (Å²) in [4.78, 5) is 26.8. The number of carboxylic acids is 1. The van der Waals surface area contributed by atoms with Crippen LogP contribution in [0.4, 0.5) is 5.69 Å². The van der Waals surface area contributed by atoms with Gasteiger partial charge in [0.25, 0.3) is 5.91 Å². The lowest BCUT2D eigenvalue weighted by Gasteiger charge is -2.29. The standard InChI is InChI=1S/C27H33N3O4/c1-5-13-29(2)24(31)17-30(3)14-12-20-15-19(8-11-23(20)30)22-16-28-26(25(22)27(32)33)18-6-9-21(34-4)10-7-18/h6-12,14-15,22,25-26,28H,5,13,16-17H2,1-4H3/p+1/t22-,25+,26-,30?/m1/s1. The molecule has 2 aliphatic rings. The zero-order chi connectivity index (χ0) is 24.5. The summed E-state index contributed by atoms with van der Waals surface area (Å²) in [6.45, 7) is 3.76. The number of rotatable bonds is 8. The van der Waals surface area contributed by atoms with Gasteiger partial charge in [-0.25, -0.2) is 0 Å². The Morgan fingerprint density at radius 2 is 1.88 bits per heavy atom. The second-order valence-corrected chi connectivity index (χ2v) is 9.50. The molecule has 1 fully saturated rings. The minimum absolute atomic E-state index is 0.110. The van der Waals surface area contributed by atoms with E-state index in [2.05, 4.69) is 24.4 Å². The Balaban J connectivity index is 1.57. The molecule has 180 valence electrons. The molecule has 0 spiro atoms. The summed E-state index contributed by atoms with van der Waals surface area (Å²) in [5.41, 5.74) is 4.05. The van der Waals surface area contributed by atoms with Gasteiger partial charge in [0.15, 0.2) is 6.54 Å². The lowest BCUT2D eigenvalue weighted by Crippen LogP contribution is -2.47. The molecule has 0 radical (unpaired) electrons. The molecule has 4 atom stereocenters. The molecular formula is C27H34N3O4+. The van der Waals surface area contributed by atoms with Gasteiger partial charge in [0.2, 0.25) is 0 Å². The van der Waals surface area contributed by atoms with E-state index in [0.29, 0.717) is 17.6 Å². The summed E-state index contributed by atoms with van der Waals surface area (Å²) in [5.74, 6) is -0.686. The Bertz CT molecular complexity index is 1100. The zero-order valence-electron chi connectivity index (χ0n) is 20.3. The maximum absolute atomic E-state index is 12.7. The van der Waals surface area contributed by atoms with Crippen molar-refractivity contribution in [3.63, 3.8) is 0 Å². The molecule has 7 nitrogen and oxygen atoms in total. The number of hydrogen-bond donors (Lipinski definition) is 2. The highest BCUT2D eigenvalue weighted by Crippen LogP contribution is 2.43. The van der Waals surface area contributed by atoms with Gasteiger partial charge in [0, 0.05) is 49.8 Å². The zero-order valence-corrected chi connectivity index (χ0v) is 20.3. The van der Waals surface area contributed by atoms with Gasteiger partial charge in [-0.3, -0.25) is 14.1 Å². The number of methoxy groups -OCH3 is 1. The summed E-state index contributed by atoms with van der Waals surface area (Å²) in [6, 6.07) is 13.5. The first-order valence-corrected chi connectivity index (χ1v) is 11.8. The van der Waals surface area contributed by atoms with E-state index < -0.39 is 11.9 Å². The van der Waals surface area contributed by atoms with E-state index in [1.54, 1.807) is 12.0 Å².